The lowest BCUT2D eigenvalue weighted by Gasteiger charge is -2.26. The van der Waals surface area contributed by atoms with Gasteiger partial charge in [0.05, 0.1) is 0 Å². The zero-order valence-corrected chi connectivity index (χ0v) is 10.4. The van der Waals surface area contributed by atoms with Gasteiger partial charge in [0.15, 0.2) is 0 Å². The molecule has 1 N–H and O–H groups in total. The van der Waals surface area contributed by atoms with E-state index in [9.17, 15) is 4.79 Å². The highest BCUT2D eigenvalue weighted by atomic mass is 35.5. The van der Waals surface area contributed by atoms with E-state index in [1.165, 1.54) is 0 Å². The monoisotopic (exact) mass is 247 g/mol. The molecule has 2 rings (SSSR count). The quantitative estimate of drug-likeness (QED) is 0.760. The first-order valence-electron chi connectivity index (χ1n) is 5.78. The highest BCUT2D eigenvalue weighted by Crippen LogP contribution is 2.26. The van der Waals surface area contributed by atoms with Crippen LogP contribution in [0.25, 0.3) is 0 Å². The van der Waals surface area contributed by atoms with Gasteiger partial charge in [0.25, 0.3) is 0 Å². The minimum Gasteiger partial charge on any atom is -0.353 e. The Hall–Kier alpha value is 0.110. The SMILES string of the molecule is O=C(NC1CCC(Cl)CC1)C1CCSC1. The van der Waals surface area contributed by atoms with Gasteiger partial charge in [0.2, 0.25) is 5.91 Å². The van der Waals surface area contributed by atoms with Crippen molar-refractivity contribution in [2.75, 3.05) is 11.5 Å². The van der Waals surface area contributed by atoms with Crippen LogP contribution in [0.5, 0.6) is 0 Å². The zero-order valence-electron chi connectivity index (χ0n) is 8.88. The van der Waals surface area contributed by atoms with Gasteiger partial charge in [-0.25, -0.2) is 0 Å². The normalized spacial score (nSPS) is 36.5. The smallest absolute Gasteiger partial charge is 0.224 e. The van der Waals surface area contributed by atoms with Crippen molar-refractivity contribution < 1.29 is 4.79 Å². The van der Waals surface area contributed by atoms with Crippen molar-refractivity contribution in [3.05, 3.63) is 0 Å². The van der Waals surface area contributed by atoms with Crippen molar-refractivity contribution >= 4 is 29.3 Å². The van der Waals surface area contributed by atoms with Crippen LogP contribution in [-0.2, 0) is 4.79 Å². The van der Waals surface area contributed by atoms with E-state index >= 15 is 0 Å². The average molecular weight is 248 g/mol. The fourth-order valence-electron chi connectivity index (χ4n) is 2.26. The molecule has 0 aromatic carbocycles. The van der Waals surface area contributed by atoms with Crippen LogP contribution in [0.3, 0.4) is 0 Å². The first kappa shape index (κ1) is 11.6. The van der Waals surface area contributed by atoms with Crippen LogP contribution in [0.15, 0.2) is 0 Å². The van der Waals surface area contributed by atoms with Crippen LogP contribution in [0, 0.1) is 5.92 Å². The molecule has 2 fully saturated rings. The predicted molar refractivity (Wildman–Crippen MR) is 65.5 cm³/mol. The summed E-state index contributed by atoms with van der Waals surface area (Å²) < 4.78 is 0. The summed E-state index contributed by atoms with van der Waals surface area (Å²) in [6, 6.07) is 0.387. The third-order valence-electron chi connectivity index (χ3n) is 3.30. The Morgan fingerprint density at radius 3 is 2.53 bits per heavy atom. The number of carbonyl (C=O) groups is 1. The van der Waals surface area contributed by atoms with Crippen LogP contribution < -0.4 is 5.32 Å². The van der Waals surface area contributed by atoms with Crippen molar-refractivity contribution in [2.24, 2.45) is 5.92 Å². The Kier molecular flexibility index (Phi) is 4.21. The van der Waals surface area contributed by atoms with E-state index < -0.39 is 0 Å². The Balaban J connectivity index is 1.74. The molecule has 1 aliphatic heterocycles. The van der Waals surface area contributed by atoms with Gasteiger partial charge in [0.1, 0.15) is 0 Å². The minimum absolute atomic E-state index is 0.267. The van der Waals surface area contributed by atoms with Crippen LogP contribution >= 0.6 is 23.4 Å². The number of nitrogens with one attached hydrogen (secondary N) is 1. The number of amides is 1. The van der Waals surface area contributed by atoms with E-state index in [0.717, 1.165) is 43.6 Å². The Labute approximate surface area is 101 Å². The summed E-state index contributed by atoms with van der Waals surface area (Å²) in [5.74, 6) is 2.70. The standard InChI is InChI=1S/C11H18ClNOS/c12-9-1-3-10(4-2-9)13-11(14)8-5-6-15-7-8/h8-10H,1-7H2,(H,13,14). The molecule has 4 heteroatoms. The van der Waals surface area contributed by atoms with Crippen molar-refractivity contribution in [3.63, 3.8) is 0 Å². The molecular weight excluding hydrogens is 230 g/mol. The van der Waals surface area contributed by atoms with Crippen molar-refractivity contribution in [1.82, 2.24) is 5.32 Å². The van der Waals surface area contributed by atoms with Gasteiger partial charge >= 0.3 is 0 Å². The molecule has 1 unspecified atom stereocenters. The second kappa shape index (κ2) is 5.44. The van der Waals surface area contributed by atoms with Gasteiger partial charge in [-0.3, -0.25) is 4.79 Å². The second-order valence-corrected chi connectivity index (χ2v) is 6.29. The maximum Gasteiger partial charge on any atom is 0.224 e. The summed E-state index contributed by atoms with van der Waals surface area (Å²) in [7, 11) is 0. The van der Waals surface area contributed by atoms with Crippen LogP contribution in [0.2, 0.25) is 0 Å². The molecule has 0 aromatic heterocycles. The lowest BCUT2D eigenvalue weighted by Crippen LogP contribution is -2.41. The van der Waals surface area contributed by atoms with E-state index in [0.29, 0.717) is 11.4 Å². The number of hydrogen-bond donors (Lipinski definition) is 1. The summed E-state index contributed by atoms with van der Waals surface area (Å²) in [5.41, 5.74) is 0. The third kappa shape index (κ3) is 3.28. The number of rotatable bonds is 2. The molecule has 1 aliphatic carbocycles. The van der Waals surface area contributed by atoms with E-state index in [1.807, 2.05) is 11.8 Å². The topological polar surface area (TPSA) is 29.1 Å². The van der Waals surface area contributed by atoms with Crippen molar-refractivity contribution in [2.45, 2.75) is 43.5 Å². The molecule has 2 nitrogen and oxygen atoms in total. The first-order valence-corrected chi connectivity index (χ1v) is 7.37. The average Bonchev–Trinajstić information content (AvgIpc) is 2.74. The molecule has 1 saturated heterocycles. The molecule has 1 amide bonds. The molecule has 0 bridgehead atoms. The van der Waals surface area contributed by atoms with Crippen molar-refractivity contribution in [3.8, 4) is 0 Å². The largest absolute Gasteiger partial charge is 0.353 e. The molecule has 1 saturated carbocycles. The summed E-state index contributed by atoms with van der Waals surface area (Å²) >= 11 is 7.92. The van der Waals surface area contributed by atoms with Crippen LogP contribution in [0.1, 0.15) is 32.1 Å². The first-order chi connectivity index (χ1) is 7.25. The molecule has 0 radical (unpaired) electrons. The van der Waals surface area contributed by atoms with Gasteiger partial charge in [-0.15, -0.1) is 11.6 Å². The summed E-state index contributed by atoms with van der Waals surface area (Å²) in [6.07, 6.45) is 5.26. The maximum absolute atomic E-state index is 11.8. The molecule has 86 valence electrons. The lowest BCUT2D eigenvalue weighted by atomic mass is 9.94. The van der Waals surface area contributed by atoms with E-state index in [4.69, 9.17) is 11.6 Å². The number of halogens is 1. The van der Waals surface area contributed by atoms with Gasteiger partial charge in [-0.05, 0) is 37.9 Å². The highest BCUT2D eigenvalue weighted by molar-refractivity contribution is 7.99. The van der Waals surface area contributed by atoms with E-state index in [2.05, 4.69) is 5.32 Å². The summed E-state index contributed by atoms with van der Waals surface area (Å²) in [4.78, 5) is 11.8. The summed E-state index contributed by atoms with van der Waals surface area (Å²) in [6.45, 7) is 0. The second-order valence-electron chi connectivity index (χ2n) is 4.52. The fourth-order valence-corrected chi connectivity index (χ4v) is 3.73. The number of alkyl halides is 1. The predicted octanol–water partition coefficient (Wildman–Crippen LogP) is 2.41. The molecule has 2 aliphatic rings. The molecule has 0 spiro atoms. The van der Waals surface area contributed by atoms with Crippen LogP contribution in [-0.4, -0.2) is 28.8 Å². The van der Waals surface area contributed by atoms with E-state index in [1.54, 1.807) is 0 Å². The van der Waals surface area contributed by atoms with Gasteiger partial charge in [-0.1, -0.05) is 0 Å². The number of carbonyl (C=O) groups excluding carboxylic acids is 1. The summed E-state index contributed by atoms with van der Waals surface area (Å²) in [5, 5.41) is 3.50. The maximum atomic E-state index is 11.8. The minimum atomic E-state index is 0.267. The molecule has 15 heavy (non-hydrogen) atoms. The zero-order chi connectivity index (χ0) is 10.7. The Morgan fingerprint density at radius 2 is 1.93 bits per heavy atom. The van der Waals surface area contributed by atoms with Gasteiger partial charge in [0, 0.05) is 23.1 Å². The molecule has 1 atom stereocenters. The Morgan fingerprint density at radius 1 is 1.20 bits per heavy atom. The molecule has 0 aromatic rings. The third-order valence-corrected chi connectivity index (χ3v) is 4.90. The van der Waals surface area contributed by atoms with Crippen molar-refractivity contribution in [1.29, 1.82) is 0 Å². The fraction of sp³-hybridized carbons (Fsp3) is 0.909. The lowest BCUT2D eigenvalue weighted by molar-refractivity contribution is -0.125. The number of hydrogen-bond acceptors (Lipinski definition) is 2. The molecular formula is C11H18ClNOS. The van der Waals surface area contributed by atoms with Gasteiger partial charge in [-0.2, -0.15) is 11.8 Å². The van der Waals surface area contributed by atoms with E-state index in [-0.39, 0.29) is 11.8 Å². The van der Waals surface area contributed by atoms with Crippen LogP contribution in [0.4, 0.5) is 0 Å². The molecule has 1 heterocycles. The number of thioether (sulfide) groups is 1. The highest BCUT2D eigenvalue weighted by Gasteiger charge is 2.26. The Bertz CT molecular complexity index is 223. The van der Waals surface area contributed by atoms with Gasteiger partial charge < -0.3 is 5.32 Å².